The third-order valence-corrected chi connectivity index (χ3v) is 4.57. The van der Waals surface area contributed by atoms with E-state index in [4.69, 9.17) is 5.73 Å². The first-order valence-corrected chi connectivity index (χ1v) is 7.44. The van der Waals surface area contributed by atoms with Crippen molar-refractivity contribution in [3.05, 3.63) is 24.3 Å². The molecule has 0 radical (unpaired) electrons. The van der Waals surface area contributed by atoms with E-state index in [1.54, 1.807) is 0 Å². The molecule has 0 bridgehead atoms. The van der Waals surface area contributed by atoms with Crippen LogP contribution in [-0.4, -0.2) is 20.2 Å². The minimum absolute atomic E-state index is 0.734. The van der Waals surface area contributed by atoms with Gasteiger partial charge in [-0.2, -0.15) is 0 Å². The van der Waals surface area contributed by atoms with Gasteiger partial charge in [0.15, 0.2) is 5.82 Å². The number of rotatable bonds is 5. The fourth-order valence-electron chi connectivity index (χ4n) is 3.15. The third kappa shape index (κ3) is 2.17. The Morgan fingerprint density at radius 2 is 1.85 bits per heavy atom. The van der Waals surface area contributed by atoms with Crippen LogP contribution in [0.25, 0.3) is 11.4 Å². The Morgan fingerprint density at radius 3 is 2.50 bits per heavy atom. The van der Waals surface area contributed by atoms with Crippen LogP contribution >= 0.6 is 0 Å². The molecule has 2 fully saturated rings. The molecule has 4 rings (SSSR count). The summed E-state index contributed by atoms with van der Waals surface area (Å²) in [6, 6.07) is 7.79. The van der Waals surface area contributed by atoms with Gasteiger partial charge in [-0.3, -0.25) is 0 Å². The maximum Gasteiger partial charge on any atom is 0.184 e. The Labute approximate surface area is 118 Å². The second kappa shape index (κ2) is 4.58. The summed E-state index contributed by atoms with van der Waals surface area (Å²) in [6.45, 7) is 0.937. The summed E-state index contributed by atoms with van der Waals surface area (Å²) in [7, 11) is 0. The highest BCUT2D eigenvalue weighted by Gasteiger charge is 2.41. The first-order chi connectivity index (χ1) is 9.83. The molecular formula is C15H19N5. The number of aromatic nitrogens is 4. The number of nitrogen functional groups attached to an aromatic ring is 1. The number of nitrogens with two attached hydrogens (primary N) is 1. The molecule has 104 valence electrons. The predicted octanol–water partition coefficient (Wildman–Crippen LogP) is 2.36. The minimum atomic E-state index is 0.734. The highest BCUT2D eigenvalue weighted by Crippen LogP contribution is 2.50. The van der Waals surface area contributed by atoms with Crippen molar-refractivity contribution in [1.29, 1.82) is 0 Å². The quantitative estimate of drug-likeness (QED) is 0.846. The normalized spacial score (nSPS) is 18.6. The first kappa shape index (κ1) is 11.9. The van der Waals surface area contributed by atoms with Crippen LogP contribution in [0.1, 0.15) is 25.7 Å². The van der Waals surface area contributed by atoms with Gasteiger partial charge >= 0.3 is 0 Å². The summed E-state index contributed by atoms with van der Waals surface area (Å²) < 4.78 is 1.95. The van der Waals surface area contributed by atoms with Gasteiger partial charge in [0, 0.05) is 17.8 Å². The van der Waals surface area contributed by atoms with E-state index >= 15 is 0 Å². The molecule has 5 nitrogen and oxygen atoms in total. The molecule has 2 aliphatic carbocycles. The molecule has 2 aliphatic rings. The smallest absolute Gasteiger partial charge is 0.184 e. The van der Waals surface area contributed by atoms with Gasteiger partial charge in [0.1, 0.15) is 0 Å². The molecule has 0 amide bonds. The Hall–Kier alpha value is -1.91. The van der Waals surface area contributed by atoms with Crippen molar-refractivity contribution in [2.75, 3.05) is 5.73 Å². The summed E-state index contributed by atoms with van der Waals surface area (Å²) in [5, 5.41) is 12.2. The summed E-state index contributed by atoms with van der Waals surface area (Å²) in [6.07, 6.45) is 5.52. The van der Waals surface area contributed by atoms with E-state index in [0.717, 1.165) is 41.4 Å². The zero-order chi connectivity index (χ0) is 13.5. The number of hydrogen-bond donors (Lipinski definition) is 1. The average Bonchev–Trinajstić information content (AvgIpc) is 3.37. The van der Waals surface area contributed by atoms with Crippen LogP contribution < -0.4 is 5.73 Å². The van der Waals surface area contributed by atoms with Crippen LogP contribution in [0.15, 0.2) is 24.3 Å². The molecule has 5 heteroatoms. The fraction of sp³-hybridized carbons (Fsp3) is 0.533. The lowest BCUT2D eigenvalue weighted by atomic mass is 9.98. The van der Waals surface area contributed by atoms with Gasteiger partial charge in [0.25, 0.3) is 0 Å². The summed E-state index contributed by atoms with van der Waals surface area (Å²) in [5.74, 6) is 3.34. The molecular weight excluding hydrogens is 250 g/mol. The second-order valence-corrected chi connectivity index (χ2v) is 6.11. The van der Waals surface area contributed by atoms with Crippen molar-refractivity contribution in [1.82, 2.24) is 20.2 Å². The van der Waals surface area contributed by atoms with Crippen LogP contribution in [0.2, 0.25) is 0 Å². The van der Waals surface area contributed by atoms with Crippen LogP contribution in [0, 0.1) is 17.8 Å². The highest BCUT2D eigenvalue weighted by molar-refractivity contribution is 5.70. The zero-order valence-electron chi connectivity index (χ0n) is 11.4. The van der Waals surface area contributed by atoms with Crippen molar-refractivity contribution in [2.24, 2.45) is 17.8 Å². The molecule has 0 unspecified atom stereocenters. The minimum Gasteiger partial charge on any atom is -0.398 e. The summed E-state index contributed by atoms with van der Waals surface area (Å²) >= 11 is 0. The largest absolute Gasteiger partial charge is 0.398 e. The molecule has 1 aromatic carbocycles. The van der Waals surface area contributed by atoms with E-state index in [0.29, 0.717) is 0 Å². The van der Waals surface area contributed by atoms with E-state index in [1.807, 2.05) is 28.9 Å². The van der Waals surface area contributed by atoms with Crippen LogP contribution in [0.5, 0.6) is 0 Å². The number of anilines is 1. The molecule has 20 heavy (non-hydrogen) atoms. The number of nitrogens with zero attached hydrogens (tertiary/aromatic N) is 4. The average molecular weight is 269 g/mol. The Balaban J connectivity index is 1.63. The summed E-state index contributed by atoms with van der Waals surface area (Å²) in [4.78, 5) is 0. The van der Waals surface area contributed by atoms with Crippen molar-refractivity contribution >= 4 is 5.69 Å². The van der Waals surface area contributed by atoms with Gasteiger partial charge in [-0.25, -0.2) is 4.68 Å². The van der Waals surface area contributed by atoms with E-state index in [1.165, 1.54) is 25.7 Å². The van der Waals surface area contributed by atoms with Crippen molar-refractivity contribution in [3.63, 3.8) is 0 Å². The Kier molecular flexibility index (Phi) is 2.72. The molecule has 0 spiro atoms. The monoisotopic (exact) mass is 269 g/mol. The standard InChI is InChI=1S/C15H19N5/c16-14-4-2-1-3-12(14)15-17-18-19-20(15)9-13(10-5-6-10)11-7-8-11/h1-4,10-11,13H,5-9,16H2. The Morgan fingerprint density at radius 1 is 1.15 bits per heavy atom. The van der Waals surface area contributed by atoms with Gasteiger partial charge in [-0.15, -0.1) is 5.10 Å². The van der Waals surface area contributed by atoms with E-state index in [-0.39, 0.29) is 0 Å². The number of hydrogen-bond acceptors (Lipinski definition) is 4. The predicted molar refractivity (Wildman–Crippen MR) is 76.6 cm³/mol. The van der Waals surface area contributed by atoms with Gasteiger partial charge < -0.3 is 5.73 Å². The van der Waals surface area contributed by atoms with Gasteiger partial charge in [0.05, 0.1) is 0 Å². The number of benzene rings is 1. The molecule has 0 aliphatic heterocycles. The van der Waals surface area contributed by atoms with Crippen molar-refractivity contribution in [2.45, 2.75) is 32.2 Å². The van der Waals surface area contributed by atoms with Crippen molar-refractivity contribution < 1.29 is 0 Å². The molecule has 2 saturated carbocycles. The lowest BCUT2D eigenvalue weighted by Gasteiger charge is -2.16. The van der Waals surface area contributed by atoms with E-state index in [2.05, 4.69) is 15.5 Å². The van der Waals surface area contributed by atoms with Crippen molar-refractivity contribution in [3.8, 4) is 11.4 Å². The van der Waals surface area contributed by atoms with Gasteiger partial charge in [-0.1, -0.05) is 12.1 Å². The van der Waals surface area contributed by atoms with Gasteiger partial charge in [0.2, 0.25) is 0 Å². The molecule has 1 aromatic heterocycles. The lowest BCUT2D eigenvalue weighted by Crippen LogP contribution is -2.17. The maximum atomic E-state index is 6.05. The Bertz CT molecular complexity index is 600. The molecule has 0 saturated heterocycles. The number of tetrazole rings is 1. The van der Waals surface area contributed by atoms with Crippen LogP contribution in [-0.2, 0) is 6.54 Å². The highest BCUT2D eigenvalue weighted by atomic mass is 15.5. The topological polar surface area (TPSA) is 69.6 Å². The van der Waals surface area contributed by atoms with Crippen LogP contribution in [0.4, 0.5) is 5.69 Å². The SMILES string of the molecule is Nc1ccccc1-c1nnnn1CC(C1CC1)C1CC1. The molecule has 2 aromatic rings. The maximum absolute atomic E-state index is 6.05. The van der Waals surface area contributed by atoms with E-state index in [9.17, 15) is 0 Å². The summed E-state index contributed by atoms with van der Waals surface area (Å²) in [5.41, 5.74) is 7.71. The lowest BCUT2D eigenvalue weighted by molar-refractivity contribution is 0.331. The second-order valence-electron chi connectivity index (χ2n) is 6.11. The molecule has 0 atom stereocenters. The van der Waals surface area contributed by atoms with Crippen LogP contribution in [0.3, 0.4) is 0 Å². The van der Waals surface area contributed by atoms with E-state index < -0.39 is 0 Å². The van der Waals surface area contributed by atoms with Gasteiger partial charge in [-0.05, 0) is 66.0 Å². The third-order valence-electron chi connectivity index (χ3n) is 4.57. The fourth-order valence-corrected chi connectivity index (χ4v) is 3.15. The zero-order valence-corrected chi connectivity index (χ0v) is 11.4. The molecule has 1 heterocycles. The molecule has 2 N–H and O–H groups in total. The number of para-hydroxylation sites is 1. The first-order valence-electron chi connectivity index (χ1n) is 7.44.